The van der Waals surface area contributed by atoms with Gasteiger partial charge in [0.05, 0.1) is 0 Å². The number of hydrogen-bond acceptors (Lipinski definition) is 4. The van der Waals surface area contributed by atoms with Crippen LogP contribution < -0.4 is 10.6 Å². The molecule has 0 spiro atoms. The Morgan fingerprint density at radius 1 is 0.757 bits per heavy atom. The van der Waals surface area contributed by atoms with E-state index in [1.165, 1.54) is 89.9 Å². The second-order valence-electron chi connectivity index (χ2n) is 10.8. The van der Waals surface area contributed by atoms with Crippen LogP contribution in [0.2, 0.25) is 0 Å². The Morgan fingerprint density at radius 3 is 1.73 bits per heavy atom. The van der Waals surface area contributed by atoms with Crippen molar-refractivity contribution in [2.75, 3.05) is 18.6 Å². The molecule has 1 aromatic carbocycles. The van der Waals surface area contributed by atoms with Crippen molar-refractivity contribution in [2.24, 2.45) is 0 Å². The van der Waals surface area contributed by atoms with Crippen LogP contribution in [-0.4, -0.2) is 35.2 Å². The zero-order chi connectivity index (χ0) is 26.6. The van der Waals surface area contributed by atoms with Crippen LogP contribution in [0.1, 0.15) is 136 Å². The number of rotatable bonds is 24. The molecule has 1 aliphatic rings. The standard InChI is InChI=1S/C31H55N3O3/c1-3-5-7-8-9-10-11-12-13-14-15-16-17-18-19-20-26-34-30(36)33-31(34,25-6-4-2)37-27-32-28-21-23-29(35)24-22-28/h21-24,32,35H,3-20,25-27H2,1-2H3,(H,33,36). The maximum Gasteiger partial charge on any atom is 0.324 e. The van der Waals surface area contributed by atoms with Crippen molar-refractivity contribution in [1.29, 1.82) is 0 Å². The Labute approximate surface area is 226 Å². The third kappa shape index (κ3) is 12.4. The number of phenolic OH excluding ortho intramolecular Hbond substituents is 1. The fourth-order valence-corrected chi connectivity index (χ4v) is 5.13. The average molecular weight is 518 g/mol. The maximum absolute atomic E-state index is 12.4. The second kappa shape index (κ2) is 19.2. The van der Waals surface area contributed by atoms with Gasteiger partial charge in [-0.3, -0.25) is 10.2 Å². The smallest absolute Gasteiger partial charge is 0.324 e. The molecule has 3 N–H and O–H groups in total. The molecular formula is C31H55N3O3. The summed E-state index contributed by atoms with van der Waals surface area (Å²) in [5.74, 6) is -0.464. The highest BCUT2D eigenvalue weighted by molar-refractivity contribution is 5.81. The minimum Gasteiger partial charge on any atom is -0.508 e. The van der Waals surface area contributed by atoms with Crippen LogP contribution >= 0.6 is 0 Å². The Morgan fingerprint density at radius 2 is 1.24 bits per heavy atom. The predicted molar refractivity (Wildman–Crippen MR) is 155 cm³/mol. The molecule has 0 aromatic heterocycles. The number of carbonyl (C=O) groups excluding carboxylic acids is 1. The molecule has 6 nitrogen and oxygen atoms in total. The Hall–Kier alpha value is -1.95. The molecule has 1 fully saturated rings. The lowest BCUT2D eigenvalue weighted by Gasteiger charge is -2.52. The van der Waals surface area contributed by atoms with Gasteiger partial charge in [-0.1, -0.05) is 117 Å². The van der Waals surface area contributed by atoms with Crippen molar-refractivity contribution in [1.82, 2.24) is 10.2 Å². The lowest BCUT2D eigenvalue weighted by atomic mass is 10.0. The highest BCUT2D eigenvalue weighted by atomic mass is 16.6. The van der Waals surface area contributed by atoms with Gasteiger partial charge in [-0.2, -0.15) is 0 Å². The van der Waals surface area contributed by atoms with Gasteiger partial charge in [0.15, 0.2) is 0 Å². The molecule has 2 amide bonds. The van der Waals surface area contributed by atoms with E-state index in [0.717, 1.165) is 44.3 Å². The van der Waals surface area contributed by atoms with E-state index in [2.05, 4.69) is 24.5 Å². The van der Waals surface area contributed by atoms with E-state index in [1.54, 1.807) is 12.1 Å². The van der Waals surface area contributed by atoms with Gasteiger partial charge in [0.1, 0.15) is 12.5 Å². The molecule has 0 saturated carbocycles. The first-order valence-electron chi connectivity index (χ1n) is 15.4. The zero-order valence-electron chi connectivity index (χ0n) is 23.9. The molecule has 0 radical (unpaired) electrons. The number of amides is 2. The summed E-state index contributed by atoms with van der Waals surface area (Å²) >= 11 is 0. The van der Waals surface area contributed by atoms with Crippen molar-refractivity contribution in [2.45, 2.75) is 142 Å². The fraction of sp³-hybridized carbons (Fsp3) is 0.774. The number of unbranched alkanes of at least 4 members (excludes halogenated alkanes) is 16. The van der Waals surface area contributed by atoms with E-state index < -0.39 is 5.85 Å². The van der Waals surface area contributed by atoms with E-state index >= 15 is 0 Å². The van der Waals surface area contributed by atoms with Crippen LogP contribution in [0.5, 0.6) is 5.75 Å². The van der Waals surface area contributed by atoms with Crippen LogP contribution in [-0.2, 0) is 4.74 Å². The molecule has 1 aromatic rings. The Bertz CT molecular complexity index is 712. The molecule has 37 heavy (non-hydrogen) atoms. The van der Waals surface area contributed by atoms with Crippen LogP contribution in [0.25, 0.3) is 0 Å². The Kier molecular flexibility index (Phi) is 16.2. The molecule has 1 unspecified atom stereocenters. The summed E-state index contributed by atoms with van der Waals surface area (Å²) in [6, 6.07) is 6.88. The number of ether oxygens (including phenoxy) is 1. The largest absolute Gasteiger partial charge is 0.508 e. The average Bonchev–Trinajstić information content (AvgIpc) is 2.90. The number of nitrogens with one attached hydrogen (secondary N) is 2. The van der Waals surface area contributed by atoms with Gasteiger partial charge in [0.2, 0.25) is 5.85 Å². The third-order valence-electron chi connectivity index (χ3n) is 7.54. The lowest BCUT2D eigenvalue weighted by molar-refractivity contribution is -0.191. The molecule has 0 bridgehead atoms. The first-order valence-corrected chi connectivity index (χ1v) is 15.4. The number of phenols is 1. The van der Waals surface area contributed by atoms with Crippen molar-refractivity contribution in [3.8, 4) is 5.75 Å². The zero-order valence-corrected chi connectivity index (χ0v) is 23.9. The van der Waals surface area contributed by atoms with Crippen molar-refractivity contribution >= 4 is 11.7 Å². The SMILES string of the molecule is CCCCCCCCCCCCCCCCCCN1C(=O)NC1(CCCC)OCNc1ccc(O)cc1. The highest BCUT2D eigenvalue weighted by Gasteiger charge is 2.50. The molecule has 2 rings (SSSR count). The summed E-state index contributed by atoms with van der Waals surface area (Å²) in [6.07, 6.45) is 24.4. The molecule has 1 heterocycles. The van der Waals surface area contributed by atoms with E-state index in [-0.39, 0.29) is 11.8 Å². The number of nitrogens with zero attached hydrogens (tertiary/aromatic N) is 1. The van der Waals surface area contributed by atoms with Crippen LogP contribution in [0.15, 0.2) is 24.3 Å². The van der Waals surface area contributed by atoms with E-state index in [1.807, 2.05) is 17.0 Å². The molecule has 212 valence electrons. The first-order chi connectivity index (χ1) is 18.1. The molecule has 1 atom stereocenters. The summed E-state index contributed by atoms with van der Waals surface area (Å²) in [7, 11) is 0. The second-order valence-corrected chi connectivity index (χ2v) is 10.8. The minimum atomic E-state index is -0.702. The van der Waals surface area contributed by atoms with Gasteiger partial charge in [-0.25, -0.2) is 4.79 Å². The van der Waals surface area contributed by atoms with Crippen molar-refractivity contribution < 1.29 is 14.6 Å². The van der Waals surface area contributed by atoms with Gasteiger partial charge in [-0.15, -0.1) is 0 Å². The maximum atomic E-state index is 12.4. The summed E-state index contributed by atoms with van der Waals surface area (Å²) in [4.78, 5) is 14.2. The number of urea groups is 1. The predicted octanol–water partition coefficient (Wildman–Crippen LogP) is 8.91. The molecular weight excluding hydrogens is 462 g/mol. The number of aromatic hydroxyl groups is 1. The molecule has 1 saturated heterocycles. The minimum absolute atomic E-state index is 0.0262. The summed E-state index contributed by atoms with van der Waals surface area (Å²) in [6.45, 7) is 5.48. The molecule has 1 aliphatic heterocycles. The highest BCUT2D eigenvalue weighted by Crippen LogP contribution is 2.30. The number of carbonyl (C=O) groups is 1. The third-order valence-corrected chi connectivity index (χ3v) is 7.54. The topological polar surface area (TPSA) is 73.8 Å². The number of benzene rings is 1. The van der Waals surface area contributed by atoms with Gasteiger partial charge in [0, 0.05) is 18.7 Å². The monoisotopic (exact) mass is 517 g/mol. The van der Waals surface area contributed by atoms with Gasteiger partial charge in [-0.05, 0) is 37.1 Å². The van der Waals surface area contributed by atoms with E-state index in [0.29, 0.717) is 6.73 Å². The molecule has 0 aliphatic carbocycles. The van der Waals surface area contributed by atoms with Crippen LogP contribution in [0.4, 0.5) is 10.5 Å². The fourth-order valence-electron chi connectivity index (χ4n) is 5.13. The number of anilines is 1. The normalized spacial score (nSPS) is 17.0. The van der Waals surface area contributed by atoms with E-state index in [9.17, 15) is 9.90 Å². The molecule has 6 heteroatoms. The van der Waals surface area contributed by atoms with Crippen molar-refractivity contribution in [3.63, 3.8) is 0 Å². The summed E-state index contributed by atoms with van der Waals surface area (Å²) in [5.41, 5.74) is 0.874. The lowest BCUT2D eigenvalue weighted by Crippen LogP contribution is -2.77. The van der Waals surface area contributed by atoms with E-state index in [4.69, 9.17) is 4.74 Å². The Balaban J connectivity index is 1.52. The van der Waals surface area contributed by atoms with Gasteiger partial charge >= 0.3 is 6.03 Å². The first kappa shape index (κ1) is 31.3. The summed E-state index contributed by atoms with van der Waals surface area (Å²) < 4.78 is 6.18. The quantitative estimate of drug-likeness (QED) is 0.0727. The summed E-state index contributed by atoms with van der Waals surface area (Å²) in [5, 5.41) is 15.7. The van der Waals surface area contributed by atoms with Crippen LogP contribution in [0.3, 0.4) is 0 Å². The van der Waals surface area contributed by atoms with Crippen molar-refractivity contribution in [3.05, 3.63) is 24.3 Å². The van der Waals surface area contributed by atoms with Gasteiger partial charge < -0.3 is 15.2 Å². The number of hydrogen-bond donors (Lipinski definition) is 3. The van der Waals surface area contributed by atoms with Gasteiger partial charge in [0.25, 0.3) is 0 Å². The van der Waals surface area contributed by atoms with Crippen LogP contribution in [0, 0.1) is 0 Å².